The van der Waals surface area contributed by atoms with Crippen LogP contribution in [0.3, 0.4) is 0 Å². The molecule has 1 fully saturated rings. The van der Waals surface area contributed by atoms with Crippen LogP contribution in [0.5, 0.6) is 0 Å². The number of anilines is 1. The molecule has 2 rings (SSSR count). The summed E-state index contributed by atoms with van der Waals surface area (Å²) < 4.78 is 0.682. The lowest BCUT2D eigenvalue weighted by Gasteiger charge is -2.15. The van der Waals surface area contributed by atoms with Crippen LogP contribution in [0.25, 0.3) is 0 Å². The first kappa shape index (κ1) is 14.0. The average Bonchev–Trinajstić information content (AvgIpc) is 2.74. The number of aliphatic carboxylic acids is 1. The molecular weight excluding hydrogens is 312 g/mol. The zero-order chi connectivity index (χ0) is 14.0. The van der Waals surface area contributed by atoms with Crippen LogP contribution in [0.4, 0.5) is 5.82 Å². The van der Waals surface area contributed by atoms with E-state index in [0.29, 0.717) is 23.1 Å². The molecule has 1 saturated carbocycles. The molecule has 2 N–H and O–H groups in total. The van der Waals surface area contributed by atoms with Crippen molar-refractivity contribution in [3.63, 3.8) is 0 Å². The number of halogens is 1. The summed E-state index contributed by atoms with van der Waals surface area (Å²) in [4.78, 5) is 27.4. The summed E-state index contributed by atoms with van der Waals surface area (Å²) in [7, 11) is 0. The maximum Gasteiger partial charge on any atom is 0.307 e. The van der Waals surface area contributed by atoms with Gasteiger partial charge in [0.15, 0.2) is 0 Å². The van der Waals surface area contributed by atoms with Gasteiger partial charge in [0.25, 0.3) is 0 Å². The van der Waals surface area contributed by atoms with Crippen molar-refractivity contribution in [2.24, 2.45) is 17.8 Å². The Morgan fingerprint density at radius 1 is 1.42 bits per heavy atom. The molecule has 1 aliphatic carbocycles. The van der Waals surface area contributed by atoms with E-state index < -0.39 is 17.8 Å². The molecule has 1 aliphatic rings. The lowest BCUT2D eigenvalue weighted by atomic mass is 9.95. The van der Waals surface area contributed by atoms with E-state index in [9.17, 15) is 9.59 Å². The second-order valence-electron chi connectivity index (χ2n) is 4.95. The van der Waals surface area contributed by atoms with Crippen molar-refractivity contribution in [3.8, 4) is 0 Å². The van der Waals surface area contributed by atoms with Crippen molar-refractivity contribution in [1.82, 2.24) is 4.98 Å². The number of hydrogen-bond acceptors (Lipinski definition) is 3. The van der Waals surface area contributed by atoms with Gasteiger partial charge >= 0.3 is 5.97 Å². The summed E-state index contributed by atoms with van der Waals surface area (Å²) in [5.41, 5.74) is 0. The third-order valence-electron chi connectivity index (χ3n) is 3.45. The highest BCUT2D eigenvalue weighted by Gasteiger charge is 2.41. The second-order valence-corrected chi connectivity index (χ2v) is 5.81. The Morgan fingerprint density at radius 3 is 2.74 bits per heavy atom. The van der Waals surface area contributed by atoms with Gasteiger partial charge in [-0.05, 0) is 46.8 Å². The third-order valence-corrected chi connectivity index (χ3v) is 4.09. The predicted molar refractivity (Wildman–Crippen MR) is 73.6 cm³/mol. The molecule has 0 spiro atoms. The fraction of sp³-hybridized carbons (Fsp3) is 0.462. The SMILES string of the molecule is CC1CC(C(=O)O)C(C(=O)Nc2ncccc2Br)C1. The number of hydrogen-bond donors (Lipinski definition) is 2. The van der Waals surface area contributed by atoms with Crippen molar-refractivity contribution in [3.05, 3.63) is 22.8 Å². The second kappa shape index (κ2) is 5.69. The Balaban J connectivity index is 2.11. The molecule has 6 heteroatoms. The van der Waals surface area contributed by atoms with Gasteiger partial charge in [0.05, 0.1) is 16.3 Å². The summed E-state index contributed by atoms with van der Waals surface area (Å²) >= 11 is 3.30. The Kier molecular flexibility index (Phi) is 4.19. The van der Waals surface area contributed by atoms with Crippen LogP contribution in [-0.2, 0) is 9.59 Å². The number of nitrogens with zero attached hydrogens (tertiary/aromatic N) is 1. The van der Waals surface area contributed by atoms with Crippen molar-refractivity contribution in [2.45, 2.75) is 19.8 Å². The molecule has 0 bridgehead atoms. The first-order chi connectivity index (χ1) is 8.99. The summed E-state index contributed by atoms with van der Waals surface area (Å²) in [6.45, 7) is 1.97. The van der Waals surface area contributed by atoms with E-state index in [2.05, 4.69) is 26.2 Å². The number of pyridine rings is 1. The molecule has 3 unspecified atom stereocenters. The minimum absolute atomic E-state index is 0.254. The number of nitrogens with one attached hydrogen (secondary N) is 1. The van der Waals surface area contributed by atoms with Gasteiger partial charge in [-0.3, -0.25) is 9.59 Å². The molecule has 1 aromatic heterocycles. The number of aromatic nitrogens is 1. The van der Waals surface area contributed by atoms with Crippen LogP contribution in [0.2, 0.25) is 0 Å². The Labute approximate surface area is 119 Å². The number of carboxylic acid groups (broad SMARTS) is 1. The number of carbonyl (C=O) groups excluding carboxylic acids is 1. The molecule has 3 atom stereocenters. The average molecular weight is 327 g/mol. The molecule has 19 heavy (non-hydrogen) atoms. The summed E-state index contributed by atoms with van der Waals surface area (Å²) in [5.74, 6) is -1.57. The zero-order valence-corrected chi connectivity index (χ0v) is 12.1. The van der Waals surface area contributed by atoms with Gasteiger partial charge in [0, 0.05) is 6.20 Å². The molecule has 0 aromatic carbocycles. The third kappa shape index (κ3) is 3.12. The Morgan fingerprint density at radius 2 is 2.11 bits per heavy atom. The van der Waals surface area contributed by atoms with Crippen molar-refractivity contribution in [2.75, 3.05) is 5.32 Å². The van der Waals surface area contributed by atoms with E-state index in [0.717, 1.165) is 0 Å². The summed E-state index contributed by atoms with van der Waals surface area (Å²) in [6.07, 6.45) is 2.73. The lowest BCUT2D eigenvalue weighted by Crippen LogP contribution is -2.30. The number of carbonyl (C=O) groups is 2. The molecule has 1 aromatic rings. The quantitative estimate of drug-likeness (QED) is 0.894. The van der Waals surface area contributed by atoms with Gasteiger partial charge in [-0.2, -0.15) is 0 Å². The largest absolute Gasteiger partial charge is 0.481 e. The molecule has 1 amide bonds. The lowest BCUT2D eigenvalue weighted by molar-refractivity contribution is -0.145. The van der Waals surface area contributed by atoms with E-state index in [1.165, 1.54) is 0 Å². The zero-order valence-electron chi connectivity index (χ0n) is 10.5. The predicted octanol–water partition coefficient (Wildman–Crippen LogP) is 2.53. The minimum atomic E-state index is -0.899. The molecule has 1 heterocycles. The number of rotatable bonds is 3. The molecule has 5 nitrogen and oxygen atoms in total. The van der Waals surface area contributed by atoms with E-state index in [1.54, 1.807) is 18.3 Å². The van der Waals surface area contributed by atoms with Gasteiger partial charge in [0.1, 0.15) is 5.82 Å². The molecular formula is C13H15BrN2O3. The van der Waals surface area contributed by atoms with Gasteiger partial charge in [-0.1, -0.05) is 6.92 Å². The van der Waals surface area contributed by atoms with Crippen molar-refractivity contribution >= 4 is 33.6 Å². The first-order valence-electron chi connectivity index (χ1n) is 6.13. The van der Waals surface area contributed by atoms with E-state index in [-0.39, 0.29) is 11.8 Å². The van der Waals surface area contributed by atoms with Crippen molar-refractivity contribution in [1.29, 1.82) is 0 Å². The Hall–Kier alpha value is -1.43. The van der Waals surface area contributed by atoms with Crippen LogP contribution < -0.4 is 5.32 Å². The monoisotopic (exact) mass is 326 g/mol. The minimum Gasteiger partial charge on any atom is -0.481 e. The highest BCUT2D eigenvalue weighted by Crippen LogP contribution is 2.37. The molecule has 102 valence electrons. The smallest absolute Gasteiger partial charge is 0.307 e. The van der Waals surface area contributed by atoms with Gasteiger partial charge in [-0.15, -0.1) is 0 Å². The highest BCUT2D eigenvalue weighted by molar-refractivity contribution is 9.10. The maximum atomic E-state index is 12.2. The van der Waals surface area contributed by atoms with Crippen LogP contribution in [0.1, 0.15) is 19.8 Å². The van der Waals surface area contributed by atoms with E-state index >= 15 is 0 Å². The number of carboxylic acids is 1. The summed E-state index contributed by atoms with van der Waals surface area (Å²) in [5, 5.41) is 11.9. The first-order valence-corrected chi connectivity index (χ1v) is 6.92. The Bertz CT molecular complexity index is 506. The molecule has 0 radical (unpaired) electrons. The topological polar surface area (TPSA) is 79.3 Å². The summed E-state index contributed by atoms with van der Waals surface area (Å²) in [6, 6.07) is 3.52. The standard InChI is InChI=1S/C13H15BrN2O3/c1-7-5-8(9(6-7)13(18)19)12(17)16-11-10(14)3-2-4-15-11/h2-4,7-9H,5-6H2,1H3,(H,18,19)(H,15,16,17). The van der Waals surface area contributed by atoms with Gasteiger partial charge in [0.2, 0.25) is 5.91 Å². The normalized spacial score (nSPS) is 26.1. The van der Waals surface area contributed by atoms with Crippen LogP contribution in [0, 0.1) is 17.8 Å². The van der Waals surface area contributed by atoms with E-state index in [1.807, 2.05) is 6.92 Å². The van der Waals surface area contributed by atoms with E-state index in [4.69, 9.17) is 5.11 Å². The molecule has 0 aliphatic heterocycles. The maximum absolute atomic E-state index is 12.2. The fourth-order valence-corrected chi connectivity index (χ4v) is 2.90. The van der Waals surface area contributed by atoms with Crippen LogP contribution in [0.15, 0.2) is 22.8 Å². The number of amides is 1. The highest BCUT2D eigenvalue weighted by atomic mass is 79.9. The van der Waals surface area contributed by atoms with Crippen LogP contribution >= 0.6 is 15.9 Å². The van der Waals surface area contributed by atoms with Gasteiger partial charge < -0.3 is 10.4 Å². The van der Waals surface area contributed by atoms with Crippen LogP contribution in [-0.4, -0.2) is 22.0 Å². The van der Waals surface area contributed by atoms with Gasteiger partial charge in [-0.25, -0.2) is 4.98 Å². The fourth-order valence-electron chi connectivity index (χ4n) is 2.54. The molecule has 0 saturated heterocycles. The van der Waals surface area contributed by atoms with Crippen molar-refractivity contribution < 1.29 is 14.7 Å².